The topological polar surface area (TPSA) is 35.1 Å². The number of aryl methyl sites for hydroxylation is 2. The summed E-state index contributed by atoms with van der Waals surface area (Å²) >= 11 is 3.58. The molecule has 0 bridgehead atoms. The van der Waals surface area contributed by atoms with Crippen molar-refractivity contribution in [2.45, 2.75) is 39.2 Å². The van der Waals surface area contributed by atoms with Crippen molar-refractivity contribution in [1.82, 2.24) is 4.57 Å². The molecular formula is C17H16BrNO2. The first-order chi connectivity index (χ1) is 10.1. The van der Waals surface area contributed by atoms with Gasteiger partial charge in [-0.1, -0.05) is 22.9 Å². The molecule has 4 heteroatoms. The molecule has 2 aromatic heterocycles. The number of hydrogen-bond acceptors (Lipinski definition) is 2. The van der Waals surface area contributed by atoms with Crippen LogP contribution in [0.4, 0.5) is 0 Å². The highest BCUT2D eigenvalue weighted by Gasteiger charge is 2.29. The van der Waals surface area contributed by atoms with Crippen LogP contribution in [0.15, 0.2) is 32.1 Å². The van der Waals surface area contributed by atoms with Crippen molar-refractivity contribution >= 4 is 37.8 Å². The van der Waals surface area contributed by atoms with Crippen LogP contribution in [-0.2, 0) is 6.42 Å². The summed E-state index contributed by atoms with van der Waals surface area (Å²) in [6, 6.07) is 4.43. The minimum absolute atomic E-state index is 0.104. The highest BCUT2D eigenvalue weighted by molar-refractivity contribution is 9.10. The summed E-state index contributed by atoms with van der Waals surface area (Å²) in [7, 11) is 0. The molecule has 1 aliphatic carbocycles. The molecule has 4 rings (SSSR count). The number of hydrogen-bond donors (Lipinski definition) is 0. The van der Waals surface area contributed by atoms with Crippen LogP contribution in [0.2, 0.25) is 0 Å². The lowest BCUT2D eigenvalue weighted by atomic mass is 10.1. The first kappa shape index (κ1) is 13.1. The summed E-state index contributed by atoms with van der Waals surface area (Å²) in [5, 5.41) is 1.80. The molecule has 0 aliphatic heterocycles. The molecular weight excluding hydrogens is 330 g/mol. The van der Waals surface area contributed by atoms with Crippen LogP contribution in [0.3, 0.4) is 0 Å². The minimum Gasteiger partial charge on any atom is -0.463 e. The smallest absolute Gasteiger partial charge is 0.262 e. The fourth-order valence-corrected chi connectivity index (χ4v) is 3.48. The van der Waals surface area contributed by atoms with Gasteiger partial charge >= 0.3 is 0 Å². The van der Waals surface area contributed by atoms with Gasteiger partial charge in [0.05, 0.1) is 17.2 Å². The van der Waals surface area contributed by atoms with Crippen LogP contribution < -0.4 is 5.56 Å². The number of nitrogens with zero attached hydrogens (tertiary/aromatic N) is 1. The normalized spacial score (nSPS) is 15.2. The zero-order valence-corrected chi connectivity index (χ0v) is 13.7. The Hall–Kier alpha value is -1.55. The van der Waals surface area contributed by atoms with Crippen molar-refractivity contribution in [2.24, 2.45) is 0 Å². The summed E-state index contributed by atoms with van der Waals surface area (Å²) in [6.45, 7) is 4.11. The third-order valence-corrected chi connectivity index (χ3v) is 5.30. The first-order valence-electron chi connectivity index (χ1n) is 7.36. The molecule has 0 spiro atoms. The van der Waals surface area contributed by atoms with Crippen LogP contribution >= 0.6 is 15.9 Å². The van der Waals surface area contributed by atoms with Crippen LogP contribution in [0.5, 0.6) is 0 Å². The monoisotopic (exact) mass is 345 g/mol. The maximum Gasteiger partial charge on any atom is 0.262 e. The third kappa shape index (κ3) is 1.75. The SMILES string of the molecule is CCc1coc2c1c(=O)n(C1CC1)c1c(C)c(Br)ccc21. The molecule has 21 heavy (non-hydrogen) atoms. The van der Waals surface area contributed by atoms with Gasteiger partial charge in [-0.3, -0.25) is 4.79 Å². The van der Waals surface area contributed by atoms with E-state index in [9.17, 15) is 4.79 Å². The van der Waals surface area contributed by atoms with Crippen molar-refractivity contribution in [3.05, 3.63) is 44.3 Å². The Morgan fingerprint density at radius 2 is 2.14 bits per heavy atom. The van der Waals surface area contributed by atoms with Gasteiger partial charge in [0, 0.05) is 21.5 Å². The first-order valence-corrected chi connectivity index (χ1v) is 8.16. The lowest BCUT2D eigenvalue weighted by molar-refractivity contribution is 0.613. The van der Waals surface area contributed by atoms with E-state index >= 15 is 0 Å². The predicted octanol–water partition coefficient (Wildman–Crippen LogP) is 4.72. The largest absolute Gasteiger partial charge is 0.463 e. The molecule has 1 aromatic carbocycles. The Morgan fingerprint density at radius 1 is 1.38 bits per heavy atom. The van der Waals surface area contributed by atoms with Crippen LogP contribution in [-0.4, -0.2) is 4.57 Å². The number of halogens is 1. The van der Waals surface area contributed by atoms with Gasteiger partial charge < -0.3 is 8.98 Å². The Morgan fingerprint density at radius 3 is 2.81 bits per heavy atom. The van der Waals surface area contributed by atoms with Crippen molar-refractivity contribution in [1.29, 1.82) is 0 Å². The maximum atomic E-state index is 13.0. The average molecular weight is 346 g/mol. The van der Waals surface area contributed by atoms with Crippen molar-refractivity contribution in [3.8, 4) is 0 Å². The number of fused-ring (bicyclic) bond motifs is 3. The van der Waals surface area contributed by atoms with E-state index in [0.29, 0.717) is 6.04 Å². The molecule has 3 nitrogen and oxygen atoms in total. The van der Waals surface area contributed by atoms with Gasteiger partial charge in [-0.05, 0) is 43.9 Å². The molecule has 0 saturated heterocycles. The van der Waals surface area contributed by atoms with E-state index in [0.717, 1.165) is 56.7 Å². The number of benzene rings is 1. The molecule has 3 aromatic rings. The lowest BCUT2D eigenvalue weighted by Gasteiger charge is -2.13. The molecule has 2 heterocycles. The molecule has 0 unspecified atom stereocenters. The fourth-order valence-electron chi connectivity index (χ4n) is 3.16. The van der Waals surface area contributed by atoms with Gasteiger partial charge in [-0.25, -0.2) is 0 Å². The van der Waals surface area contributed by atoms with E-state index in [4.69, 9.17) is 4.42 Å². The van der Waals surface area contributed by atoms with Gasteiger partial charge in [-0.2, -0.15) is 0 Å². The van der Waals surface area contributed by atoms with Crippen molar-refractivity contribution < 1.29 is 4.42 Å². The van der Waals surface area contributed by atoms with E-state index in [1.807, 2.05) is 10.6 Å². The number of aromatic nitrogens is 1. The third-order valence-electron chi connectivity index (χ3n) is 4.44. The van der Waals surface area contributed by atoms with Crippen LogP contribution in [0.25, 0.3) is 21.9 Å². The van der Waals surface area contributed by atoms with E-state index in [1.165, 1.54) is 0 Å². The Bertz CT molecular complexity index is 931. The molecule has 108 valence electrons. The summed E-state index contributed by atoms with van der Waals surface area (Å²) in [5.41, 5.74) is 3.97. The molecule has 1 fully saturated rings. The number of furan rings is 1. The molecule has 1 aliphatic rings. The highest BCUT2D eigenvalue weighted by atomic mass is 79.9. The average Bonchev–Trinajstić information content (AvgIpc) is 3.21. The molecule has 0 N–H and O–H groups in total. The lowest BCUT2D eigenvalue weighted by Crippen LogP contribution is -2.20. The zero-order valence-electron chi connectivity index (χ0n) is 12.1. The van der Waals surface area contributed by atoms with Crippen molar-refractivity contribution in [3.63, 3.8) is 0 Å². The second-order valence-corrected chi connectivity index (χ2v) is 6.65. The Kier molecular flexibility index (Phi) is 2.80. The van der Waals surface area contributed by atoms with Gasteiger partial charge in [-0.15, -0.1) is 0 Å². The van der Waals surface area contributed by atoms with Crippen LogP contribution in [0.1, 0.15) is 36.9 Å². The van der Waals surface area contributed by atoms with Gasteiger partial charge in [0.15, 0.2) is 0 Å². The quantitative estimate of drug-likeness (QED) is 0.673. The Labute approximate surface area is 130 Å². The zero-order chi connectivity index (χ0) is 14.7. The Balaban J connectivity index is 2.30. The standard InChI is InChI=1S/C17H16BrNO2/c1-3-10-8-21-16-12-6-7-13(18)9(2)15(12)19(11-4-5-11)17(20)14(10)16/h6-8,11H,3-5H2,1-2H3. The van der Waals surface area contributed by atoms with E-state index in [2.05, 4.69) is 35.8 Å². The van der Waals surface area contributed by atoms with Gasteiger partial charge in [0.25, 0.3) is 5.56 Å². The fraction of sp³-hybridized carbons (Fsp3) is 0.353. The minimum atomic E-state index is 0.104. The summed E-state index contributed by atoms with van der Waals surface area (Å²) < 4.78 is 8.78. The summed E-state index contributed by atoms with van der Waals surface area (Å²) in [5.74, 6) is 0. The molecule has 0 amide bonds. The second kappa shape index (κ2) is 4.47. The van der Waals surface area contributed by atoms with E-state index in [-0.39, 0.29) is 5.56 Å². The highest BCUT2D eigenvalue weighted by Crippen LogP contribution is 2.40. The van der Waals surface area contributed by atoms with E-state index in [1.54, 1.807) is 6.26 Å². The van der Waals surface area contributed by atoms with Crippen molar-refractivity contribution in [2.75, 3.05) is 0 Å². The molecule has 1 saturated carbocycles. The number of rotatable bonds is 2. The summed E-state index contributed by atoms with van der Waals surface area (Å²) in [6.07, 6.45) is 4.73. The summed E-state index contributed by atoms with van der Waals surface area (Å²) in [4.78, 5) is 13.0. The second-order valence-electron chi connectivity index (χ2n) is 5.79. The van der Waals surface area contributed by atoms with Crippen LogP contribution in [0, 0.1) is 6.92 Å². The van der Waals surface area contributed by atoms with Gasteiger partial charge in [0.2, 0.25) is 0 Å². The molecule has 0 radical (unpaired) electrons. The predicted molar refractivity (Wildman–Crippen MR) is 88.1 cm³/mol. The van der Waals surface area contributed by atoms with E-state index < -0.39 is 0 Å². The molecule has 0 atom stereocenters. The maximum absolute atomic E-state index is 13.0. The number of pyridine rings is 1. The van der Waals surface area contributed by atoms with Gasteiger partial charge in [0.1, 0.15) is 5.58 Å².